The molecule has 5 nitrogen and oxygen atoms in total. The molecule has 0 amide bonds. The Bertz CT molecular complexity index is 511. The van der Waals surface area contributed by atoms with E-state index < -0.39 is 0 Å². The van der Waals surface area contributed by atoms with Crippen LogP contribution in [0, 0.1) is 0 Å². The predicted molar refractivity (Wildman–Crippen MR) is 92.5 cm³/mol. The number of thiocarbonyl (C=S) groups is 1. The minimum absolute atomic E-state index is 0.268. The molecule has 1 atom stereocenters. The zero-order valence-corrected chi connectivity index (χ0v) is 13.9. The highest BCUT2D eigenvalue weighted by molar-refractivity contribution is 7.80. The summed E-state index contributed by atoms with van der Waals surface area (Å²) in [6.45, 7) is 3.56. The van der Waals surface area contributed by atoms with Gasteiger partial charge in [-0.3, -0.25) is 5.43 Å². The van der Waals surface area contributed by atoms with E-state index in [1.165, 1.54) is 5.56 Å². The van der Waals surface area contributed by atoms with E-state index in [0.717, 1.165) is 43.9 Å². The van der Waals surface area contributed by atoms with E-state index in [2.05, 4.69) is 15.8 Å². The van der Waals surface area contributed by atoms with Crippen molar-refractivity contribution in [3.8, 4) is 5.75 Å². The molecule has 1 saturated heterocycles. The Balaban J connectivity index is 1.72. The van der Waals surface area contributed by atoms with Crippen molar-refractivity contribution in [1.82, 2.24) is 10.7 Å². The van der Waals surface area contributed by atoms with Crippen molar-refractivity contribution in [2.75, 3.05) is 20.3 Å². The molecule has 0 aromatic heterocycles. The van der Waals surface area contributed by atoms with E-state index in [1.807, 2.05) is 31.2 Å². The lowest BCUT2D eigenvalue weighted by Crippen LogP contribution is -2.37. The van der Waals surface area contributed by atoms with Gasteiger partial charge in [-0.2, -0.15) is 5.10 Å². The fourth-order valence-corrected chi connectivity index (χ4v) is 2.40. The van der Waals surface area contributed by atoms with Crippen molar-refractivity contribution in [3.63, 3.8) is 0 Å². The highest BCUT2D eigenvalue weighted by atomic mass is 32.1. The van der Waals surface area contributed by atoms with Crippen LogP contribution in [0.25, 0.3) is 0 Å². The topological polar surface area (TPSA) is 54.9 Å². The first kappa shape index (κ1) is 16.7. The van der Waals surface area contributed by atoms with Crippen LogP contribution in [0.1, 0.15) is 25.3 Å². The lowest BCUT2D eigenvalue weighted by Gasteiger charge is -2.12. The average Bonchev–Trinajstić information content (AvgIpc) is 3.05. The monoisotopic (exact) mass is 321 g/mol. The maximum atomic E-state index is 5.53. The molecule has 0 radical (unpaired) electrons. The maximum Gasteiger partial charge on any atom is 0.187 e. The van der Waals surface area contributed by atoms with Crippen LogP contribution < -0.4 is 15.5 Å². The zero-order chi connectivity index (χ0) is 15.8. The van der Waals surface area contributed by atoms with Crippen molar-refractivity contribution in [3.05, 3.63) is 29.8 Å². The average molecular weight is 321 g/mol. The quantitative estimate of drug-likeness (QED) is 0.478. The van der Waals surface area contributed by atoms with Gasteiger partial charge in [0, 0.05) is 25.3 Å². The molecular weight excluding hydrogens is 298 g/mol. The van der Waals surface area contributed by atoms with Gasteiger partial charge in [0.15, 0.2) is 5.11 Å². The fraction of sp³-hybridized carbons (Fsp3) is 0.500. The summed E-state index contributed by atoms with van der Waals surface area (Å²) in [5, 5.41) is 7.96. The van der Waals surface area contributed by atoms with Gasteiger partial charge in [0.25, 0.3) is 0 Å². The van der Waals surface area contributed by atoms with E-state index in [-0.39, 0.29) is 6.10 Å². The zero-order valence-electron chi connectivity index (χ0n) is 13.1. The van der Waals surface area contributed by atoms with E-state index in [1.54, 1.807) is 7.11 Å². The van der Waals surface area contributed by atoms with E-state index >= 15 is 0 Å². The Hall–Kier alpha value is -1.66. The molecule has 1 aromatic rings. The molecule has 0 aliphatic carbocycles. The van der Waals surface area contributed by atoms with Crippen LogP contribution >= 0.6 is 12.2 Å². The van der Waals surface area contributed by atoms with Crippen LogP contribution in [-0.2, 0) is 11.2 Å². The molecule has 2 N–H and O–H groups in total. The van der Waals surface area contributed by atoms with Crippen LogP contribution in [0.15, 0.2) is 29.4 Å². The summed E-state index contributed by atoms with van der Waals surface area (Å²) >= 11 is 5.20. The van der Waals surface area contributed by atoms with Crippen molar-refractivity contribution in [2.24, 2.45) is 5.10 Å². The molecule has 1 aliphatic heterocycles. The van der Waals surface area contributed by atoms with Gasteiger partial charge in [-0.1, -0.05) is 12.1 Å². The maximum absolute atomic E-state index is 5.53. The number of hydrogen-bond acceptors (Lipinski definition) is 4. The molecule has 0 saturated carbocycles. The largest absolute Gasteiger partial charge is 0.497 e. The highest BCUT2D eigenvalue weighted by Crippen LogP contribution is 2.12. The number of benzene rings is 1. The molecule has 1 fully saturated rings. The molecule has 22 heavy (non-hydrogen) atoms. The van der Waals surface area contributed by atoms with Crippen molar-refractivity contribution < 1.29 is 9.47 Å². The molecule has 120 valence electrons. The summed E-state index contributed by atoms with van der Waals surface area (Å²) in [4.78, 5) is 0. The fourth-order valence-electron chi connectivity index (χ4n) is 2.28. The Morgan fingerprint density at radius 1 is 1.41 bits per heavy atom. The Morgan fingerprint density at radius 2 is 2.18 bits per heavy atom. The normalized spacial score (nSPS) is 18.1. The van der Waals surface area contributed by atoms with Gasteiger partial charge in [0.1, 0.15) is 5.75 Å². The van der Waals surface area contributed by atoms with Gasteiger partial charge in [0.05, 0.1) is 13.2 Å². The van der Waals surface area contributed by atoms with E-state index in [4.69, 9.17) is 21.7 Å². The van der Waals surface area contributed by atoms with Gasteiger partial charge < -0.3 is 14.8 Å². The van der Waals surface area contributed by atoms with Crippen LogP contribution in [-0.4, -0.2) is 37.2 Å². The first-order valence-electron chi connectivity index (χ1n) is 7.49. The molecule has 1 heterocycles. The summed E-state index contributed by atoms with van der Waals surface area (Å²) in [5.74, 6) is 0.857. The van der Waals surface area contributed by atoms with Crippen molar-refractivity contribution >= 4 is 23.0 Å². The third kappa shape index (κ3) is 5.61. The van der Waals surface area contributed by atoms with E-state index in [9.17, 15) is 0 Å². The summed E-state index contributed by atoms with van der Waals surface area (Å²) < 4.78 is 10.7. The Morgan fingerprint density at radius 3 is 2.82 bits per heavy atom. The summed E-state index contributed by atoms with van der Waals surface area (Å²) in [5.41, 5.74) is 5.02. The minimum Gasteiger partial charge on any atom is -0.497 e. The molecule has 0 unspecified atom stereocenters. The smallest absolute Gasteiger partial charge is 0.187 e. The number of hydrogen-bond donors (Lipinski definition) is 2. The lowest BCUT2D eigenvalue weighted by molar-refractivity contribution is 0.114. The molecule has 1 aliphatic rings. The third-order valence-electron chi connectivity index (χ3n) is 3.48. The van der Waals surface area contributed by atoms with Crippen LogP contribution in [0.5, 0.6) is 5.75 Å². The number of hydrazone groups is 1. The Labute approximate surface area is 137 Å². The highest BCUT2D eigenvalue weighted by Gasteiger charge is 2.15. The first-order chi connectivity index (χ1) is 10.7. The standard InChI is InChI=1S/C16H23N3O2S/c1-12(10-13-5-7-14(20-2)8-6-13)18-19-16(22)17-11-15-4-3-9-21-15/h5-8,15H,3-4,9-11H2,1-2H3,(H2,17,19,22)/b18-12-/t15-/m0/s1. The number of nitrogens with zero attached hydrogens (tertiary/aromatic N) is 1. The molecular formula is C16H23N3O2S. The summed E-state index contributed by atoms with van der Waals surface area (Å²) in [7, 11) is 1.66. The van der Waals surface area contributed by atoms with Gasteiger partial charge in [-0.25, -0.2) is 0 Å². The van der Waals surface area contributed by atoms with Gasteiger partial charge in [-0.05, 0) is 49.7 Å². The predicted octanol–water partition coefficient (Wildman–Crippen LogP) is 2.26. The van der Waals surface area contributed by atoms with Gasteiger partial charge in [0.2, 0.25) is 0 Å². The molecule has 6 heteroatoms. The second-order valence-corrected chi connectivity index (χ2v) is 5.74. The van der Waals surface area contributed by atoms with Gasteiger partial charge >= 0.3 is 0 Å². The summed E-state index contributed by atoms with van der Waals surface area (Å²) in [6.07, 6.45) is 3.26. The first-order valence-corrected chi connectivity index (χ1v) is 7.89. The lowest BCUT2D eigenvalue weighted by atomic mass is 10.1. The van der Waals surface area contributed by atoms with Crippen LogP contribution in [0.4, 0.5) is 0 Å². The molecule has 1 aromatic carbocycles. The molecule has 0 bridgehead atoms. The van der Waals surface area contributed by atoms with Gasteiger partial charge in [-0.15, -0.1) is 0 Å². The molecule has 0 spiro atoms. The number of rotatable bonds is 6. The number of methoxy groups -OCH3 is 1. The Kier molecular flexibility index (Phi) is 6.61. The second kappa shape index (κ2) is 8.70. The van der Waals surface area contributed by atoms with E-state index in [0.29, 0.717) is 5.11 Å². The molecule has 2 rings (SSSR count). The van der Waals surface area contributed by atoms with Crippen molar-refractivity contribution in [1.29, 1.82) is 0 Å². The van der Waals surface area contributed by atoms with Crippen molar-refractivity contribution in [2.45, 2.75) is 32.3 Å². The number of ether oxygens (including phenoxy) is 2. The van der Waals surface area contributed by atoms with Crippen LogP contribution in [0.3, 0.4) is 0 Å². The number of nitrogens with one attached hydrogen (secondary N) is 2. The second-order valence-electron chi connectivity index (χ2n) is 5.33. The SMILES string of the molecule is COc1ccc(C/C(C)=N\NC(=S)NC[C@@H]2CCCO2)cc1. The van der Waals surface area contributed by atoms with Crippen LogP contribution in [0.2, 0.25) is 0 Å². The summed E-state index contributed by atoms with van der Waals surface area (Å²) in [6, 6.07) is 7.96. The third-order valence-corrected chi connectivity index (χ3v) is 3.72. The minimum atomic E-state index is 0.268.